The maximum atomic E-state index is 5.40. The molecule has 0 aromatic carbocycles. The average molecular weight is 221 g/mol. The SMILES string of the molecule is C#CC1CCSP(=S)(OC)N1C. The number of terminal acetylenes is 1. The highest BCUT2D eigenvalue weighted by atomic mass is 32.9. The van der Waals surface area contributed by atoms with Gasteiger partial charge in [-0.3, -0.25) is 0 Å². The molecule has 68 valence electrons. The Morgan fingerprint density at radius 1 is 1.83 bits per heavy atom. The molecular weight excluding hydrogens is 209 g/mol. The molecule has 0 aromatic rings. The summed E-state index contributed by atoms with van der Waals surface area (Å²) in [5.74, 6) is 3.76. The van der Waals surface area contributed by atoms with Crippen LogP contribution in [0.4, 0.5) is 0 Å². The second-order valence-corrected chi connectivity index (χ2v) is 9.57. The van der Waals surface area contributed by atoms with Crippen molar-refractivity contribution in [3.05, 3.63) is 0 Å². The first kappa shape index (κ1) is 10.6. The number of rotatable bonds is 1. The summed E-state index contributed by atoms with van der Waals surface area (Å²) in [5, 5.41) is 0. The number of hydrogen-bond acceptors (Lipinski definition) is 3. The molecule has 1 fully saturated rings. The molecule has 1 heterocycles. The summed E-state index contributed by atoms with van der Waals surface area (Å²) >= 11 is 7.13. The van der Waals surface area contributed by atoms with Gasteiger partial charge in [0.15, 0.2) is 5.62 Å². The van der Waals surface area contributed by atoms with E-state index in [0.717, 1.165) is 12.2 Å². The van der Waals surface area contributed by atoms with Crippen LogP contribution in [0.1, 0.15) is 6.42 Å². The third-order valence-electron chi connectivity index (χ3n) is 1.91. The lowest BCUT2D eigenvalue weighted by molar-refractivity contribution is 0.375. The molecular formula is C7H12NOPS2. The van der Waals surface area contributed by atoms with Gasteiger partial charge in [-0.2, -0.15) is 0 Å². The molecule has 0 aromatic heterocycles. The van der Waals surface area contributed by atoms with Crippen LogP contribution >= 0.6 is 17.0 Å². The van der Waals surface area contributed by atoms with Gasteiger partial charge in [0.05, 0.1) is 6.04 Å². The first-order chi connectivity index (χ1) is 5.64. The number of hydrogen-bond donors (Lipinski definition) is 0. The predicted molar refractivity (Wildman–Crippen MR) is 58.8 cm³/mol. The molecule has 0 spiro atoms. The third-order valence-corrected chi connectivity index (χ3v) is 9.08. The number of nitrogens with zero attached hydrogens (tertiary/aromatic N) is 1. The van der Waals surface area contributed by atoms with Crippen LogP contribution in [0.3, 0.4) is 0 Å². The first-order valence-corrected chi connectivity index (χ1v) is 7.90. The van der Waals surface area contributed by atoms with Gasteiger partial charge in [0, 0.05) is 12.9 Å². The largest absolute Gasteiger partial charge is 0.334 e. The van der Waals surface area contributed by atoms with Gasteiger partial charge >= 0.3 is 0 Å². The Morgan fingerprint density at radius 2 is 2.50 bits per heavy atom. The van der Waals surface area contributed by atoms with Gasteiger partial charge in [0.2, 0.25) is 0 Å². The Kier molecular flexibility index (Phi) is 3.63. The lowest BCUT2D eigenvalue weighted by atomic mass is 10.2. The normalized spacial score (nSPS) is 37.6. The van der Waals surface area contributed by atoms with Crippen molar-refractivity contribution >= 4 is 28.8 Å². The highest BCUT2D eigenvalue weighted by molar-refractivity contribution is 8.68. The molecule has 0 bridgehead atoms. The van der Waals surface area contributed by atoms with Crippen LogP contribution in [0.15, 0.2) is 0 Å². The van der Waals surface area contributed by atoms with Gasteiger partial charge in [0.25, 0.3) is 0 Å². The lowest BCUT2D eigenvalue weighted by Gasteiger charge is -2.37. The van der Waals surface area contributed by atoms with E-state index in [9.17, 15) is 0 Å². The lowest BCUT2D eigenvalue weighted by Crippen LogP contribution is -2.31. The molecule has 1 aliphatic heterocycles. The van der Waals surface area contributed by atoms with E-state index in [2.05, 4.69) is 5.92 Å². The molecule has 0 saturated carbocycles. The van der Waals surface area contributed by atoms with Crippen LogP contribution in [-0.4, -0.2) is 30.6 Å². The highest BCUT2D eigenvalue weighted by Gasteiger charge is 2.32. The zero-order valence-corrected chi connectivity index (χ0v) is 9.72. The van der Waals surface area contributed by atoms with Gasteiger partial charge in [-0.05, 0) is 25.3 Å². The molecule has 0 aliphatic carbocycles. The zero-order chi connectivity index (χ0) is 9.19. The molecule has 0 amide bonds. The molecule has 0 radical (unpaired) electrons. The van der Waals surface area contributed by atoms with Crippen LogP contribution in [0.25, 0.3) is 0 Å². The molecule has 2 unspecified atom stereocenters. The van der Waals surface area contributed by atoms with Crippen LogP contribution in [-0.2, 0) is 16.3 Å². The van der Waals surface area contributed by atoms with Crippen molar-refractivity contribution < 1.29 is 4.52 Å². The maximum absolute atomic E-state index is 5.40. The molecule has 2 nitrogen and oxygen atoms in total. The van der Waals surface area contributed by atoms with Gasteiger partial charge in [-0.1, -0.05) is 17.3 Å². The van der Waals surface area contributed by atoms with Crippen molar-refractivity contribution in [2.24, 2.45) is 0 Å². The Hall–Kier alpha value is 0.480. The van der Waals surface area contributed by atoms with Gasteiger partial charge < -0.3 is 4.52 Å². The molecule has 1 saturated heterocycles. The van der Waals surface area contributed by atoms with E-state index in [1.54, 1.807) is 18.5 Å². The molecule has 1 aliphatic rings. The Morgan fingerprint density at radius 3 is 3.00 bits per heavy atom. The minimum Gasteiger partial charge on any atom is -0.334 e. The summed E-state index contributed by atoms with van der Waals surface area (Å²) in [6.45, 7) is 0. The average Bonchev–Trinajstić information content (AvgIpc) is 2.10. The van der Waals surface area contributed by atoms with E-state index in [0.29, 0.717) is 0 Å². The van der Waals surface area contributed by atoms with Crippen molar-refractivity contribution in [2.45, 2.75) is 12.5 Å². The molecule has 5 heteroatoms. The fourth-order valence-electron chi connectivity index (χ4n) is 1.10. The van der Waals surface area contributed by atoms with Crippen molar-refractivity contribution in [1.29, 1.82) is 0 Å². The van der Waals surface area contributed by atoms with E-state index in [1.165, 1.54) is 0 Å². The summed E-state index contributed by atoms with van der Waals surface area (Å²) in [5.41, 5.74) is -1.82. The van der Waals surface area contributed by atoms with Crippen LogP contribution in [0, 0.1) is 12.3 Å². The predicted octanol–water partition coefficient (Wildman–Crippen LogP) is 1.93. The Balaban J connectivity index is 2.80. The van der Waals surface area contributed by atoms with E-state index in [4.69, 9.17) is 22.8 Å². The van der Waals surface area contributed by atoms with Gasteiger partial charge in [0.1, 0.15) is 0 Å². The van der Waals surface area contributed by atoms with Crippen molar-refractivity contribution in [3.63, 3.8) is 0 Å². The van der Waals surface area contributed by atoms with Crippen molar-refractivity contribution in [1.82, 2.24) is 4.67 Å². The fraction of sp³-hybridized carbons (Fsp3) is 0.714. The van der Waals surface area contributed by atoms with Gasteiger partial charge in [-0.15, -0.1) is 6.42 Å². The second-order valence-electron chi connectivity index (χ2n) is 2.53. The standard InChI is InChI=1S/C7H12NOPS2/c1-4-7-5-6-12-10(11,9-3)8(7)2/h1,7H,5-6H2,2-3H3. The van der Waals surface area contributed by atoms with Crippen molar-refractivity contribution in [3.8, 4) is 12.3 Å². The first-order valence-electron chi connectivity index (χ1n) is 3.64. The minimum atomic E-state index is -1.82. The smallest absolute Gasteiger partial charge is 0.189 e. The minimum absolute atomic E-state index is 0.164. The third kappa shape index (κ3) is 1.86. The van der Waals surface area contributed by atoms with E-state index in [-0.39, 0.29) is 6.04 Å². The Labute approximate surface area is 82.9 Å². The summed E-state index contributed by atoms with van der Waals surface area (Å²) < 4.78 is 7.38. The van der Waals surface area contributed by atoms with Crippen LogP contribution in [0.2, 0.25) is 0 Å². The van der Waals surface area contributed by atoms with Crippen molar-refractivity contribution in [2.75, 3.05) is 19.9 Å². The van der Waals surface area contributed by atoms with E-state index >= 15 is 0 Å². The topological polar surface area (TPSA) is 12.5 Å². The van der Waals surface area contributed by atoms with Crippen LogP contribution in [0.5, 0.6) is 0 Å². The summed E-state index contributed by atoms with van der Waals surface area (Å²) in [7, 11) is 3.63. The summed E-state index contributed by atoms with van der Waals surface area (Å²) in [6, 6.07) is 0.164. The molecule has 0 N–H and O–H groups in total. The summed E-state index contributed by atoms with van der Waals surface area (Å²) in [4.78, 5) is 0. The highest BCUT2D eigenvalue weighted by Crippen LogP contribution is 2.64. The molecule has 1 rings (SSSR count). The van der Waals surface area contributed by atoms with E-state index in [1.807, 2.05) is 11.7 Å². The van der Waals surface area contributed by atoms with Gasteiger partial charge in [-0.25, -0.2) is 4.67 Å². The van der Waals surface area contributed by atoms with Crippen LogP contribution < -0.4 is 0 Å². The fourth-order valence-corrected chi connectivity index (χ4v) is 5.95. The van der Waals surface area contributed by atoms with E-state index < -0.39 is 5.62 Å². The monoisotopic (exact) mass is 221 g/mol. The quantitative estimate of drug-likeness (QED) is 0.495. The summed E-state index contributed by atoms with van der Waals surface area (Å²) in [6.07, 6.45) is 6.40. The molecule has 2 atom stereocenters. The second kappa shape index (κ2) is 4.13. The Bertz CT molecular complexity index is 250. The maximum Gasteiger partial charge on any atom is 0.189 e. The zero-order valence-electron chi connectivity index (χ0n) is 7.19. The molecule has 12 heavy (non-hydrogen) atoms.